The second-order valence-corrected chi connectivity index (χ2v) is 4.38. The molecule has 0 fully saturated rings. The lowest BCUT2D eigenvalue weighted by atomic mass is 10.0. The zero-order valence-corrected chi connectivity index (χ0v) is 11.4. The van der Waals surface area contributed by atoms with Gasteiger partial charge in [0.2, 0.25) is 0 Å². The number of hydrogen-bond donors (Lipinski definition) is 0. The summed E-state index contributed by atoms with van der Waals surface area (Å²) in [6, 6.07) is 9.53. The number of ether oxygens (including phenoxy) is 2. The average Bonchev–Trinajstić information content (AvgIpc) is 2.39. The van der Waals surface area contributed by atoms with Gasteiger partial charge in [-0.3, -0.25) is 4.79 Å². The lowest BCUT2D eigenvalue weighted by Crippen LogP contribution is -2.26. The van der Waals surface area contributed by atoms with Crippen LogP contribution in [0.1, 0.15) is 33.6 Å². The third kappa shape index (κ3) is 4.78. The number of para-hydroxylation sites is 1. The first-order valence-corrected chi connectivity index (χ1v) is 6.55. The summed E-state index contributed by atoms with van der Waals surface area (Å²) >= 11 is 0. The van der Waals surface area contributed by atoms with Crippen LogP contribution in [-0.4, -0.2) is 18.7 Å². The van der Waals surface area contributed by atoms with Crippen molar-refractivity contribution in [1.29, 1.82) is 0 Å². The van der Waals surface area contributed by atoms with E-state index in [0.717, 1.165) is 18.6 Å². The Bertz CT molecular complexity index is 344. The van der Waals surface area contributed by atoms with Gasteiger partial charge in [-0.2, -0.15) is 0 Å². The maximum Gasteiger partial charge on any atom is 0.309 e. The van der Waals surface area contributed by atoms with Crippen molar-refractivity contribution in [1.82, 2.24) is 0 Å². The molecule has 0 saturated heterocycles. The summed E-state index contributed by atoms with van der Waals surface area (Å²) < 4.78 is 10.9. The number of benzene rings is 1. The smallest absolute Gasteiger partial charge is 0.309 e. The van der Waals surface area contributed by atoms with Gasteiger partial charge in [0, 0.05) is 0 Å². The molecule has 3 nitrogen and oxygen atoms in total. The average molecular weight is 250 g/mol. The first-order chi connectivity index (χ1) is 8.67. The highest BCUT2D eigenvalue weighted by atomic mass is 16.6. The highest BCUT2D eigenvalue weighted by Crippen LogP contribution is 2.13. The van der Waals surface area contributed by atoms with Crippen LogP contribution in [0.3, 0.4) is 0 Å². The summed E-state index contributed by atoms with van der Waals surface area (Å²) in [5, 5.41) is 0. The molecule has 0 saturated carbocycles. The van der Waals surface area contributed by atoms with Crippen molar-refractivity contribution in [3.05, 3.63) is 30.3 Å². The summed E-state index contributed by atoms with van der Waals surface area (Å²) in [7, 11) is 0. The predicted octanol–water partition coefficient (Wildman–Crippen LogP) is 3.43. The number of carbonyl (C=O) groups is 1. The van der Waals surface area contributed by atoms with Crippen LogP contribution in [-0.2, 0) is 9.53 Å². The van der Waals surface area contributed by atoms with Crippen LogP contribution in [0, 0.1) is 5.92 Å². The molecular formula is C15H22O3. The van der Waals surface area contributed by atoms with Crippen LogP contribution in [0.4, 0.5) is 0 Å². The first-order valence-electron chi connectivity index (χ1n) is 6.55. The molecule has 1 aromatic carbocycles. The minimum atomic E-state index is -0.224. The summed E-state index contributed by atoms with van der Waals surface area (Å²) in [5.41, 5.74) is 0. The fourth-order valence-electron chi connectivity index (χ4n) is 1.68. The third-order valence-corrected chi connectivity index (χ3v) is 2.86. The molecule has 0 heterocycles. The maximum absolute atomic E-state index is 11.7. The van der Waals surface area contributed by atoms with Gasteiger partial charge in [-0.05, 0) is 31.9 Å². The van der Waals surface area contributed by atoms with Gasteiger partial charge in [0.25, 0.3) is 0 Å². The number of hydrogen-bond acceptors (Lipinski definition) is 3. The van der Waals surface area contributed by atoms with Crippen LogP contribution >= 0.6 is 0 Å². The molecule has 0 aliphatic carbocycles. The molecule has 100 valence electrons. The molecular weight excluding hydrogens is 228 g/mol. The Balaban J connectivity index is 2.33. The SMILES string of the molecule is CCC(CC)C(=O)OC(C)COc1ccccc1. The molecule has 0 spiro atoms. The highest BCUT2D eigenvalue weighted by Gasteiger charge is 2.18. The van der Waals surface area contributed by atoms with Gasteiger partial charge in [-0.25, -0.2) is 0 Å². The number of esters is 1. The van der Waals surface area contributed by atoms with Gasteiger partial charge >= 0.3 is 5.97 Å². The van der Waals surface area contributed by atoms with Crippen molar-refractivity contribution in [2.75, 3.05) is 6.61 Å². The Hall–Kier alpha value is -1.51. The first kappa shape index (κ1) is 14.6. The molecule has 1 unspecified atom stereocenters. The zero-order valence-electron chi connectivity index (χ0n) is 11.4. The molecule has 0 aromatic heterocycles. The fourth-order valence-corrected chi connectivity index (χ4v) is 1.68. The van der Waals surface area contributed by atoms with Gasteiger partial charge in [0.1, 0.15) is 18.5 Å². The Morgan fingerprint density at radius 2 is 1.78 bits per heavy atom. The van der Waals surface area contributed by atoms with Crippen LogP contribution < -0.4 is 4.74 Å². The molecule has 1 atom stereocenters. The Morgan fingerprint density at radius 3 is 2.33 bits per heavy atom. The van der Waals surface area contributed by atoms with E-state index in [1.54, 1.807) is 0 Å². The van der Waals surface area contributed by atoms with Crippen molar-refractivity contribution >= 4 is 5.97 Å². The molecule has 0 radical (unpaired) electrons. The lowest BCUT2D eigenvalue weighted by molar-refractivity contribution is -0.154. The molecule has 0 bridgehead atoms. The molecule has 1 rings (SSSR count). The monoisotopic (exact) mass is 250 g/mol. The quantitative estimate of drug-likeness (QED) is 0.695. The Kier molecular flexibility index (Phi) is 6.26. The zero-order chi connectivity index (χ0) is 13.4. The van der Waals surface area contributed by atoms with Crippen molar-refractivity contribution < 1.29 is 14.3 Å². The molecule has 3 heteroatoms. The molecule has 0 N–H and O–H groups in total. The predicted molar refractivity (Wildman–Crippen MR) is 71.6 cm³/mol. The van der Waals surface area contributed by atoms with Crippen molar-refractivity contribution in [3.8, 4) is 5.75 Å². The fraction of sp³-hybridized carbons (Fsp3) is 0.533. The van der Waals surface area contributed by atoms with Crippen molar-refractivity contribution in [2.24, 2.45) is 5.92 Å². The molecule has 1 aromatic rings. The topological polar surface area (TPSA) is 35.5 Å². The van der Waals surface area contributed by atoms with Gasteiger partial charge in [-0.15, -0.1) is 0 Å². The normalized spacial score (nSPS) is 12.2. The van der Waals surface area contributed by atoms with Crippen LogP contribution in [0.15, 0.2) is 30.3 Å². The minimum absolute atomic E-state index is 0.00387. The van der Waals surface area contributed by atoms with E-state index >= 15 is 0 Å². The Morgan fingerprint density at radius 1 is 1.17 bits per heavy atom. The largest absolute Gasteiger partial charge is 0.490 e. The van der Waals surface area contributed by atoms with E-state index in [9.17, 15) is 4.79 Å². The maximum atomic E-state index is 11.7. The van der Waals surface area contributed by atoms with Gasteiger partial charge in [0.05, 0.1) is 5.92 Å². The van der Waals surface area contributed by atoms with Crippen molar-refractivity contribution in [2.45, 2.75) is 39.7 Å². The standard InChI is InChI=1S/C15H22O3/c1-4-13(5-2)15(16)18-12(3)11-17-14-9-7-6-8-10-14/h6-10,12-13H,4-5,11H2,1-3H3. The van der Waals surface area contributed by atoms with Gasteiger partial charge in [-0.1, -0.05) is 32.0 Å². The van der Waals surface area contributed by atoms with Crippen LogP contribution in [0.25, 0.3) is 0 Å². The van der Waals surface area contributed by atoms with E-state index in [-0.39, 0.29) is 18.0 Å². The second kappa shape index (κ2) is 7.75. The minimum Gasteiger partial charge on any atom is -0.490 e. The summed E-state index contributed by atoms with van der Waals surface area (Å²) in [4.78, 5) is 11.7. The lowest BCUT2D eigenvalue weighted by Gasteiger charge is -2.17. The highest BCUT2D eigenvalue weighted by molar-refractivity contribution is 5.72. The number of rotatable bonds is 7. The van der Waals surface area contributed by atoms with Gasteiger partial charge < -0.3 is 9.47 Å². The number of carbonyl (C=O) groups excluding carboxylic acids is 1. The Labute approximate surface area is 109 Å². The van der Waals surface area contributed by atoms with Crippen LogP contribution in [0.5, 0.6) is 5.75 Å². The van der Waals surface area contributed by atoms with E-state index in [4.69, 9.17) is 9.47 Å². The summed E-state index contributed by atoms with van der Waals surface area (Å²) in [6.45, 7) is 6.24. The van der Waals surface area contributed by atoms with Crippen molar-refractivity contribution in [3.63, 3.8) is 0 Å². The molecule has 0 aliphatic rings. The van der Waals surface area contributed by atoms with Crippen LogP contribution in [0.2, 0.25) is 0 Å². The molecule has 18 heavy (non-hydrogen) atoms. The van der Waals surface area contributed by atoms with Gasteiger partial charge in [0.15, 0.2) is 0 Å². The van der Waals surface area contributed by atoms with E-state index in [1.165, 1.54) is 0 Å². The van der Waals surface area contributed by atoms with E-state index in [0.29, 0.717) is 6.61 Å². The van der Waals surface area contributed by atoms with E-state index in [1.807, 2.05) is 51.1 Å². The summed E-state index contributed by atoms with van der Waals surface area (Å²) in [5.74, 6) is 0.677. The second-order valence-electron chi connectivity index (χ2n) is 4.38. The molecule has 0 aliphatic heterocycles. The third-order valence-electron chi connectivity index (χ3n) is 2.86. The summed E-state index contributed by atoms with van der Waals surface area (Å²) in [6.07, 6.45) is 1.42. The van der Waals surface area contributed by atoms with E-state index < -0.39 is 0 Å². The molecule has 0 amide bonds. The van der Waals surface area contributed by atoms with E-state index in [2.05, 4.69) is 0 Å².